The Kier molecular flexibility index (Phi) is 5.53. The quantitative estimate of drug-likeness (QED) is 0.863. The van der Waals surface area contributed by atoms with Gasteiger partial charge in [0.05, 0.1) is 23.3 Å². The number of hydrogen-bond acceptors (Lipinski definition) is 4. The van der Waals surface area contributed by atoms with E-state index < -0.39 is 0 Å². The van der Waals surface area contributed by atoms with Crippen molar-refractivity contribution in [3.05, 3.63) is 33.8 Å². The first-order valence-electron chi connectivity index (χ1n) is 9.32. The number of aromatic nitrogens is 2. The van der Waals surface area contributed by atoms with E-state index in [2.05, 4.69) is 42.2 Å². The minimum absolute atomic E-state index is 0.0242. The summed E-state index contributed by atoms with van der Waals surface area (Å²) in [5.74, 6) is 0.666. The number of aryl methyl sites for hydroxylation is 1. The van der Waals surface area contributed by atoms with Crippen LogP contribution in [-0.2, 0) is 19.4 Å². The van der Waals surface area contributed by atoms with Crippen molar-refractivity contribution in [2.75, 3.05) is 26.0 Å². The highest BCUT2D eigenvalue weighted by Crippen LogP contribution is 2.40. The van der Waals surface area contributed by atoms with Crippen LogP contribution in [0.4, 0.5) is 5.69 Å². The Morgan fingerprint density at radius 2 is 2.19 bits per heavy atom. The molecule has 0 fully saturated rings. The third-order valence-electron chi connectivity index (χ3n) is 5.20. The largest absolute Gasteiger partial charge is 0.319 e. The third kappa shape index (κ3) is 4.54. The van der Waals surface area contributed by atoms with E-state index in [1.165, 1.54) is 16.9 Å². The van der Waals surface area contributed by atoms with Crippen molar-refractivity contribution < 1.29 is 4.79 Å². The smallest absolute Gasteiger partial charge is 0.265 e. The molecule has 1 atom stereocenters. The molecule has 0 radical (unpaired) electrons. The number of anilines is 1. The zero-order chi connectivity index (χ0) is 18.9. The van der Waals surface area contributed by atoms with Gasteiger partial charge in [-0.3, -0.25) is 9.48 Å². The summed E-state index contributed by atoms with van der Waals surface area (Å²) in [4.78, 5) is 16.9. The van der Waals surface area contributed by atoms with Gasteiger partial charge in [0.2, 0.25) is 0 Å². The molecule has 2 aromatic heterocycles. The van der Waals surface area contributed by atoms with Gasteiger partial charge in [0.25, 0.3) is 5.91 Å². The summed E-state index contributed by atoms with van der Waals surface area (Å²) in [5, 5.41) is 7.31. The molecule has 1 unspecified atom stereocenters. The monoisotopic (exact) mass is 374 g/mol. The lowest BCUT2D eigenvalue weighted by atomic mass is 9.72. The number of carbonyl (C=O) groups is 1. The normalized spacial score (nSPS) is 17.4. The Balaban J connectivity index is 1.64. The molecular formula is C20H30N4OS. The number of fused-ring (bicyclic) bond motifs is 1. The molecule has 0 aromatic carbocycles. The van der Waals surface area contributed by atoms with E-state index >= 15 is 0 Å². The van der Waals surface area contributed by atoms with E-state index in [9.17, 15) is 4.79 Å². The van der Waals surface area contributed by atoms with Crippen LogP contribution in [0, 0.1) is 11.3 Å². The maximum absolute atomic E-state index is 12.6. The average molecular weight is 375 g/mol. The molecule has 2 aromatic rings. The lowest BCUT2D eigenvalue weighted by molar-refractivity contribution is 0.103. The first-order chi connectivity index (χ1) is 12.2. The van der Waals surface area contributed by atoms with Crippen LogP contribution in [0.2, 0.25) is 0 Å². The second-order valence-electron chi connectivity index (χ2n) is 8.61. The summed E-state index contributed by atoms with van der Waals surface area (Å²) >= 11 is 1.65. The van der Waals surface area contributed by atoms with Gasteiger partial charge in [-0.05, 0) is 56.3 Å². The molecule has 0 saturated heterocycles. The van der Waals surface area contributed by atoms with Crippen molar-refractivity contribution in [1.29, 1.82) is 0 Å². The zero-order valence-corrected chi connectivity index (χ0v) is 17.3. The molecule has 26 heavy (non-hydrogen) atoms. The molecule has 0 saturated carbocycles. The Hall–Kier alpha value is -1.66. The molecule has 1 amide bonds. The summed E-state index contributed by atoms with van der Waals surface area (Å²) in [7, 11) is 4.07. The maximum Gasteiger partial charge on any atom is 0.265 e. The van der Waals surface area contributed by atoms with Gasteiger partial charge in [0.15, 0.2) is 0 Å². The van der Waals surface area contributed by atoms with Crippen molar-refractivity contribution in [3.63, 3.8) is 0 Å². The van der Waals surface area contributed by atoms with E-state index in [0.717, 1.165) is 36.5 Å². The van der Waals surface area contributed by atoms with Gasteiger partial charge in [-0.1, -0.05) is 20.8 Å². The van der Waals surface area contributed by atoms with Gasteiger partial charge >= 0.3 is 0 Å². The number of amides is 1. The molecule has 1 aliphatic rings. The van der Waals surface area contributed by atoms with Gasteiger partial charge in [-0.15, -0.1) is 11.3 Å². The van der Waals surface area contributed by atoms with Gasteiger partial charge in [0.1, 0.15) is 0 Å². The minimum Gasteiger partial charge on any atom is -0.319 e. The standard InChI is InChI=1S/C20H30N4OS/c1-20(2,3)15-6-7-17-14(10-15)11-18(26-17)19(25)22-16-12-21-24(13-16)9-8-23(4)5/h11-13,15H,6-10H2,1-5H3,(H,22,25). The van der Waals surface area contributed by atoms with Gasteiger partial charge < -0.3 is 10.2 Å². The van der Waals surface area contributed by atoms with E-state index in [1.54, 1.807) is 17.5 Å². The first kappa shape index (κ1) is 19.1. The fourth-order valence-corrected chi connectivity index (χ4v) is 4.52. The molecule has 0 bridgehead atoms. The first-order valence-corrected chi connectivity index (χ1v) is 10.1. The van der Waals surface area contributed by atoms with Crippen molar-refractivity contribution in [3.8, 4) is 0 Å². The highest BCUT2D eigenvalue weighted by atomic mass is 32.1. The van der Waals surface area contributed by atoms with Crippen molar-refractivity contribution in [1.82, 2.24) is 14.7 Å². The van der Waals surface area contributed by atoms with Crippen LogP contribution in [0.1, 0.15) is 47.3 Å². The second-order valence-corrected chi connectivity index (χ2v) is 9.75. The minimum atomic E-state index is -0.0242. The molecule has 0 aliphatic heterocycles. The number of nitrogens with zero attached hydrogens (tertiary/aromatic N) is 3. The average Bonchev–Trinajstić information content (AvgIpc) is 3.17. The van der Waals surface area contributed by atoms with Crippen molar-refractivity contribution >= 4 is 22.9 Å². The molecule has 2 heterocycles. The van der Waals surface area contributed by atoms with Crippen LogP contribution < -0.4 is 5.32 Å². The van der Waals surface area contributed by atoms with E-state index in [4.69, 9.17) is 0 Å². The zero-order valence-electron chi connectivity index (χ0n) is 16.5. The number of likely N-dealkylation sites (N-methyl/N-ethyl adjacent to an activating group) is 1. The molecular weight excluding hydrogens is 344 g/mol. The van der Waals surface area contributed by atoms with Crippen LogP contribution in [-0.4, -0.2) is 41.2 Å². The fourth-order valence-electron chi connectivity index (χ4n) is 3.42. The van der Waals surface area contributed by atoms with Crippen LogP contribution in [0.15, 0.2) is 18.5 Å². The number of rotatable bonds is 5. The Morgan fingerprint density at radius 3 is 2.88 bits per heavy atom. The van der Waals surface area contributed by atoms with E-state index in [-0.39, 0.29) is 5.91 Å². The SMILES string of the molecule is CN(C)CCn1cc(NC(=O)c2cc3c(s2)CCC(C(C)(C)C)C3)cn1. The molecule has 3 rings (SSSR count). The Morgan fingerprint density at radius 1 is 1.42 bits per heavy atom. The summed E-state index contributed by atoms with van der Waals surface area (Å²) in [5.41, 5.74) is 2.45. The molecule has 6 heteroatoms. The summed E-state index contributed by atoms with van der Waals surface area (Å²) in [6, 6.07) is 2.10. The third-order valence-corrected chi connectivity index (χ3v) is 6.43. The van der Waals surface area contributed by atoms with Gasteiger partial charge in [0, 0.05) is 17.6 Å². The van der Waals surface area contributed by atoms with Gasteiger partial charge in [-0.2, -0.15) is 5.10 Å². The predicted molar refractivity (Wildman–Crippen MR) is 108 cm³/mol. The van der Waals surface area contributed by atoms with Crippen LogP contribution in [0.3, 0.4) is 0 Å². The maximum atomic E-state index is 12.6. The highest BCUT2D eigenvalue weighted by Gasteiger charge is 2.30. The molecule has 0 spiro atoms. The van der Waals surface area contributed by atoms with Crippen molar-refractivity contribution in [2.24, 2.45) is 11.3 Å². The second kappa shape index (κ2) is 7.53. The van der Waals surface area contributed by atoms with Crippen LogP contribution >= 0.6 is 11.3 Å². The van der Waals surface area contributed by atoms with Crippen molar-refractivity contribution in [2.45, 2.75) is 46.6 Å². The van der Waals surface area contributed by atoms with Crippen LogP contribution in [0.25, 0.3) is 0 Å². The highest BCUT2D eigenvalue weighted by molar-refractivity contribution is 7.14. The number of nitrogens with one attached hydrogen (secondary N) is 1. The molecule has 142 valence electrons. The van der Waals surface area contributed by atoms with E-state index in [0.29, 0.717) is 11.3 Å². The number of hydrogen-bond donors (Lipinski definition) is 1. The number of thiophene rings is 1. The Bertz CT molecular complexity index is 769. The lowest BCUT2D eigenvalue weighted by Crippen LogP contribution is -2.26. The summed E-state index contributed by atoms with van der Waals surface area (Å²) in [6.45, 7) is 8.68. The number of carbonyl (C=O) groups excluding carboxylic acids is 1. The lowest BCUT2D eigenvalue weighted by Gasteiger charge is -2.33. The topological polar surface area (TPSA) is 50.2 Å². The molecule has 5 nitrogen and oxygen atoms in total. The van der Waals surface area contributed by atoms with Gasteiger partial charge in [-0.25, -0.2) is 0 Å². The predicted octanol–water partition coefficient (Wildman–Crippen LogP) is 3.91. The Labute approximate surface area is 160 Å². The molecule has 1 aliphatic carbocycles. The summed E-state index contributed by atoms with van der Waals surface area (Å²) in [6.07, 6.45) is 7.01. The fraction of sp³-hybridized carbons (Fsp3) is 0.600. The van der Waals surface area contributed by atoms with Crippen LogP contribution in [0.5, 0.6) is 0 Å². The molecule has 1 N–H and O–H groups in total. The summed E-state index contributed by atoms with van der Waals surface area (Å²) < 4.78 is 1.86. The van der Waals surface area contributed by atoms with E-state index in [1.807, 2.05) is 25.0 Å².